The number of aliphatic hydroxyl groups excluding tert-OH is 1. The summed E-state index contributed by atoms with van der Waals surface area (Å²) in [5.74, 6) is -1.18. The topological polar surface area (TPSA) is 105 Å². The first-order valence-corrected chi connectivity index (χ1v) is 3.37. The second-order valence-electron chi connectivity index (χ2n) is 2.01. The van der Waals surface area contributed by atoms with Crippen molar-refractivity contribution < 1.29 is 19.7 Å². The fraction of sp³-hybridized carbons (Fsp3) is 0.667. The van der Waals surface area contributed by atoms with Crippen molar-refractivity contribution in [1.82, 2.24) is 0 Å². The van der Waals surface area contributed by atoms with E-state index in [9.17, 15) is 4.79 Å². The minimum Gasteiger partial charge on any atom is -0.482 e. The van der Waals surface area contributed by atoms with Gasteiger partial charge in [-0.05, 0) is 0 Å². The minimum absolute atomic E-state index is 0.505. The zero-order valence-electron chi connectivity index (χ0n) is 6.51. The van der Waals surface area contributed by atoms with Gasteiger partial charge < -0.3 is 20.7 Å². The van der Waals surface area contributed by atoms with Crippen molar-refractivity contribution in [3.63, 3.8) is 0 Å². The summed E-state index contributed by atoms with van der Waals surface area (Å²) in [4.78, 5) is 13.4. The van der Waals surface area contributed by atoms with E-state index in [0.29, 0.717) is 0 Å². The molecule has 6 heteroatoms. The van der Waals surface area contributed by atoms with E-state index in [2.05, 4.69) is 9.73 Å². The van der Waals surface area contributed by atoms with E-state index >= 15 is 0 Å². The van der Waals surface area contributed by atoms with E-state index in [1.165, 1.54) is 6.40 Å². The van der Waals surface area contributed by atoms with Crippen LogP contribution in [0.4, 0.5) is 0 Å². The molecule has 1 unspecified atom stereocenters. The lowest BCUT2D eigenvalue weighted by molar-refractivity contribution is -0.139. The molecule has 1 atom stereocenters. The van der Waals surface area contributed by atoms with Crippen molar-refractivity contribution in [2.75, 3.05) is 19.8 Å². The van der Waals surface area contributed by atoms with E-state index in [1.807, 2.05) is 0 Å². The first-order valence-electron chi connectivity index (χ1n) is 3.37. The molecular formula is C6H12N2O4. The van der Waals surface area contributed by atoms with Crippen LogP contribution in [0.2, 0.25) is 0 Å². The Bertz CT molecular complexity index is 154. The smallest absolute Gasteiger partial charge is 0.322 e. The van der Waals surface area contributed by atoms with Gasteiger partial charge in [-0.3, -0.25) is 9.79 Å². The summed E-state index contributed by atoms with van der Waals surface area (Å²) < 4.78 is 4.65. The molecule has 1 aliphatic rings. The predicted molar refractivity (Wildman–Crippen MR) is 42.0 cm³/mol. The van der Waals surface area contributed by atoms with Gasteiger partial charge in [0.2, 0.25) is 0 Å². The molecule has 0 aromatic heterocycles. The largest absolute Gasteiger partial charge is 0.482 e. The number of carbonyl (C=O) groups is 1. The molecule has 0 bridgehead atoms. The highest BCUT2D eigenvalue weighted by atomic mass is 16.5. The van der Waals surface area contributed by atoms with Crippen molar-refractivity contribution >= 4 is 12.4 Å². The third kappa shape index (κ3) is 5.63. The number of aliphatic imine (C=N–C) groups is 1. The predicted octanol–water partition coefficient (Wildman–Crippen LogP) is -1.56. The maximum absolute atomic E-state index is 9.65. The average Bonchev–Trinajstić information content (AvgIpc) is 2.59. The average molecular weight is 176 g/mol. The Hall–Kier alpha value is -1.14. The zero-order chi connectivity index (χ0) is 9.40. The van der Waals surface area contributed by atoms with Crippen LogP contribution < -0.4 is 5.73 Å². The molecule has 6 nitrogen and oxygen atoms in total. The number of carboxylic acids is 1. The second-order valence-corrected chi connectivity index (χ2v) is 2.01. The van der Waals surface area contributed by atoms with Gasteiger partial charge in [-0.2, -0.15) is 0 Å². The van der Waals surface area contributed by atoms with Crippen LogP contribution in [0.25, 0.3) is 0 Å². The Morgan fingerprint density at radius 3 is 2.58 bits per heavy atom. The Kier molecular flexibility index (Phi) is 5.94. The van der Waals surface area contributed by atoms with Gasteiger partial charge in [0.15, 0.2) is 6.40 Å². The van der Waals surface area contributed by atoms with Crippen molar-refractivity contribution in [3.05, 3.63) is 0 Å². The monoisotopic (exact) mass is 176 g/mol. The van der Waals surface area contributed by atoms with Gasteiger partial charge in [0.05, 0.1) is 13.2 Å². The first-order chi connectivity index (χ1) is 5.68. The summed E-state index contributed by atoms with van der Waals surface area (Å²) in [7, 11) is 0. The lowest BCUT2D eigenvalue weighted by Crippen LogP contribution is -2.33. The third-order valence-electron chi connectivity index (χ3n) is 1.00. The van der Waals surface area contributed by atoms with Crippen LogP contribution in [0, 0.1) is 0 Å². The lowest BCUT2D eigenvalue weighted by Gasteiger charge is -1.96. The molecule has 70 valence electrons. The molecule has 0 spiro atoms. The van der Waals surface area contributed by atoms with Crippen LogP contribution >= 0.6 is 0 Å². The van der Waals surface area contributed by atoms with E-state index in [0.717, 1.165) is 13.2 Å². The number of aliphatic carboxylic acids is 1. The van der Waals surface area contributed by atoms with Crippen molar-refractivity contribution in [2.24, 2.45) is 10.7 Å². The fourth-order valence-corrected chi connectivity index (χ4v) is 0.342. The van der Waals surface area contributed by atoms with E-state index in [1.54, 1.807) is 0 Å². The van der Waals surface area contributed by atoms with Gasteiger partial charge in [-0.25, -0.2) is 0 Å². The Labute approximate surface area is 69.7 Å². The third-order valence-corrected chi connectivity index (χ3v) is 1.00. The summed E-state index contributed by atoms with van der Waals surface area (Å²) in [5, 5.41) is 15.9. The molecule has 12 heavy (non-hydrogen) atoms. The molecule has 1 rings (SSSR count). The maximum Gasteiger partial charge on any atom is 0.322 e. The van der Waals surface area contributed by atoms with Gasteiger partial charge in [0.25, 0.3) is 0 Å². The molecule has 4 N–H and O–H groups in total. The minimum atomic E-state index is -1.18. The fourth-order valence-electron chi connectivity index (χ4n) is 0.342. The highest BCUT2D eigenvalue weighted by Crippen LogP contribution is 1.78. The molecule has 0 radical (unpaired) electrons. The Morgan fingerprint density at radius 2 is 2.50 bits per heavy atom. The summed E-state index contributed by atoms with van der Waals surface area (Å²) in [6.45, 7) is 1.12. The van der Waals surface area contributed by atoms with E-state index < -0.39 is 18.6 Å². The molecule has 0 fully saturated rings. The van der Waals surface area contributed by atoms with Crippen LogP contribution in [-0.4, -0.2) is 48.4 Å². The second kappa shape index (κ2) is 6.56. The van der Waals surface area contributed by atoms with Crippen molar-refractivity contribution in [2.45, 2.75) is 6.04 Å². The summed E-state index contributed by atoms with van der Waals surface area (Å²) in [6.07, 6.45) is 1.49. The number of nitrogens with zero attached hydrogens (tertiary/aromatic N) is 1. The SMILES string of the molecule is C1=NCCO1.NC(CO)C(=O)O. The van der Waals surface area contributed by atoms with Crippen LogP contribution in [0.5, 0.6) is 0 Å². The van der Waals surface area contributed by atoms with Crippen LogP contribution in [0.1, 0.15) is 0 Å². The number of hydrogen-bond donors (Lipinski definition) is 3. The van der Waals surface area contributed by atoms with Crippen molar-refractivity contribution in [3.8, 4) is 0 Å². The molecule has 0 saturated heterocycles. The molecule has 0 aromatic carbocycles. The number of aliphatic hydroxyl groups is 1. The first kappa shape index (κ1) is 10.9. The molecule has 1 aliphatic heterocycles. The number of carboxylic acid groups (broad SMARTS) is 1. The molecule has 0 amide bonds. The zero-order valence-corrected chi connectivity index (χ0v) is 6.51. The number of nitrogens with two attached hydrogens (primary N) is 1. The van der Waals surface area contributed by atoms with Gasteiger partial charge in [-0.1, -0.05) is 0 Å². The van der Waals surface area contributed by atoms with Gasteiger partial charge >= 0.3 is 5.97 Å². The van der Waals surface area contributed by atoms with Crippen molar-refractivity contribution in [1.29, 1.82) is 0 Å². The molecular weight excluding hydrogens is 164 g/mol. The number of ether oxygens (including phenoxy) is 1. The van der Waals surface area contributed by atoms with Gasteiger partial charge in [-0.15, -0.1) is 0 Å². The summed E-state index contributed by atoms with van der Waals surface area (Å²) in [5.41, 5.74) is 4.77. The standard InChI is InChI=1S/C3H7NO3.C3H5NO/c4-2(1-5)3(6)7;1-2-5-3-4-1/h2,5H,1,4H2,(H,6,7);3H,1-2H2. The number of rotatable bonds is 2. The summed E-state index contributed by atoms with van der Waals surface area (Å²) in [6, 6.07) is -1.13. The number of hydrogen-bond acceptors (Lipinski definition) is 5. The molecule has 0 saturated carbocycles. The Balaban J connectivity index is 0.000000211. The van der Waals surface area contributed by atoms with Gasteiger partial charge in [0.1, 0.15) is 12.6 Å². The molecule has 0 aliphatic carbocycles. The normalized spacial score (nSPS) is 15.8. The highest BCUT2D eigenvalue weighted by Gasteiger charge is 2.06. The lowest BCUT2D eigenvalue weighted by atomic mass is 10.3. The quantitative estimate of drug-likeness (QED) is 0.471. The van der Waals surface area contributed by atoms with Gasteiger partial charge in [0, 0.05) is 0 Å². The maximum atomic E-state index is 9.65. The van der Waals surface area contributed by atoms with E-state index in [4.69, 9.17) is 15.9 Å². The van der Waals surface area contributed by atoms with Crippen LogP contribution in [0.3, 0.4) is 0 Å². The Morgan fingerprint density at radius 1 is 1.83 bits per heavy atom. The molecule has 1 heterocycles. The highest BCUT2D eigenvalue weighted by molar-refractivity contribution is 5.73. The summed E-state index contributed by atoms with van der Waals surface area (Å²) >= 11 is 0. The van der Waals surface area contributed by atoms with Crippen LogP contribution in [0.15, 0.2) is 4.99 Å². The van der Waals surface area contributed by atoms with E-state index in [-0.39, 0.29) is 0 Å². The molecule has 0 aromatic rings. The van der Waals surface area contributed by atoms with Crippen LogP contribution in [-0.2, 0) is 9.53 Å².